The molecule has 0 unspecified atom stereocenters. The zero-order chi connectivity index (χ0) is 21.5. The summed E-state index contributed by atoms with van der Waals surface area (Å²) in [6.45, 7) is 6.75. The monoisotopic (exact) mass is 428 g/mol. The quantitative estimate of drug-likeness (QED) is 0.634. The molecule has 0 bridgehead atoms. The van der Waals surface area contributed by atoms with Gasteiger partial charge in [-0.2, -0.15) is 0 Å². The second-order valence-electron chi connectivity index (χ2n) is 7.68. The second kappa shape index (κ2) is 10.6. The molecular formula is C24H32N2O3S. The highest BCUT2D eigenvalue weighted by Crippen LogP contribution is 2.26. The molecule has 1 aliphatic heterocycles. The number of carbonyl (C=O) groups excluding carboxylic acids is 2. The summed E-state index contributed by atoms with van der Waals surface area (Å²) in [4.78, 5) is 31.5. The third-order valence-corrected chi connectivity index (χ3v) is 6.90. The van der Waals surface area contributed by atoms with Crippen molar-refractivity contribution in [2.24, 2.45) is 0 Å². The molecule has 0 atom stereocenters. The van der Waals surface area contributed by atoms with E-state index in [1.165, 1.54) is 10.4 Å². The van der Waals surface area contributed by atoms with Gasteiger partial charge in [-0.05, 0) is 48.6 Å². The van der Waals surface area contributed by atoms with Gasteiger partial charge in [0, 0.05) is 37.5 Å². The van der Waals surface area contributed by atoms with E-state index in [1.807, 2.05) is 34.1 Å². The van der Waals surface area contributed by atoms with Crippen molar-refractivity contribution >= 4 is 23.2 Å². The van der Waals surface area contributed by atoms with Crippen LogP contribution in [-0.2, 0) is 24.1 Å². The summed E-state index contributed by atoms with van der Waals surface area (Å²) in [5.41, 5.74) is 2.43. The molecule has 2 heterocycles. The van der Waals surface area contributed by atoms with Gasteiger partial charge < -0.3 is 14.5 Å². The van der Waals surface area contributed by atoms with Crippen molar-refractivity contribution in [2.45, 2.75) is 46.0 Å². The van der Waals surface area contributed by atoms with E-state index in [4.69, 9.17) is 4.74 Å². The summed E-state index contributed by atoms with van der Waals surface area (Å²) in [5.74, 6) is 1.10. The van der Waals surface area contributed by atoms with Crippen LogP contribution in [0.15, 0.2) is 30.3 Å². The molecule has 0 spiro atoms. The van der Waals surface area contributed by atoms with Gasteiger partial charge in [0.1, 0.15) is 5.75 Å². The SMILES string of the molecule is CCCc1sc(C(=O)N2CCN(C(=O)CCc3ccc(OC)cc3)CC2)cc1CC. The summed E-state index contributed by atoms with van der Waals surface area (Å²) in [5, 5.41) is 0. The minimum Gasteiger partial charge on any atom is -0.497 e. The molecule has 0 aliphatic carbocycles. The normalized spacial score (nSPS) is 14.1. The first-order chi connectivity index (χ1) is 14.5. The van der Waals surface area contributed by atoms with Crippen molar-refractivity contribution in [3.8, 4) is 5.75 Å². The number of hydrogen-bond donors (Lipinski definition) is 0. The van der Waals surface area contributed by atoms with Gasteiger partial charge in [0.05, 0.1) is 12.0 Å². The maximum absolute atomic E-state index is 12.9. The third-order valence-electron chi connectivity index (χ3n) is 5.67. The van der Waals surface area contributed by atoms with E-state index in [2.05, 4.69) is 19.9 Å². The number of benzene rings is 1. The Balaban J connectivity index is 1.50. The van der Waals surface area contributed by atoms with Gasteiger partial charge in [-0.15, -0.1) is 11.3 Å². The predicted octanol–water partition coefficient (Wildman–Crippen LogP) is 4.19. The molecular weight excluding hydrogens is 396 g/mol. The molecule has 1 fully saturated rings. The minimum atomic E-state index is 0.113. The molecule has 1 aromatic heterocycles. The molecule has 162 valence electrons. The number of aryl methyl sites for hydroxylation is 3. The Hall–Kier alpha value is -2.34. The Morgan fingerprint density at radius 2 is 1.67 bits per heavy atom. The number of thiophene rings is 1. The molecule has 0 saturated carbocycles. The molecule has 3 rings (SSSR count). The topological polar surface area (TPSA) is 49.9 Å². The standard InChI is InChI=1S/C24H32N2O3S/c1-4-6-21-19(5-2)17-22(30-21)24(28)26-15-13-25(14-16-26)23(27)12-9-18-7-10-20(29-3)11-8-18/h7-8,10-11,17H,4-6,9,12-16H2,1-3H3. The molecule has 5 nitrogen and oxygen atoms in total. The van der Waals surface area contributed by atoms with Crippen LogP contribution >= 0.6 is 11.3 Å². The summed E-state index contributed by atoms with van der Waals surface area (Å²) in [6, 6.07) is 9.92. The number of amides is 2. The largest absolute Gasteiger partial charge is 0.497 e. The lowest BCUT2D eigenvalue weighted by molar-refractivity contribution is -0.132. The lowest BCUT2D eigenvalue weighted by Crippen LogP contribution is -2.50. The number of ether oxygens (including phenoxy) is 1. The molecule has 2 aromatic rings. The van der Waals surface area contributed by atoms with Crippen molar-refractivity contribution in [1.29, 1.82) is 0 Å². The average molecular weight is 429 g/mol. The van der Waals surface area contributed by atoms with Gasteiger partial charge in [-0.3, -0.25) is 9.59 Å². The van der Waals surface area contributed by atoms with Crippen LogP contribution in [0.3, 0.4) is 0 Å². The number of rotatable bonds is 8. The van der Waals surface area contributed by atoms with Crippen molar-refractivity contribution in [2.75, 3.05) is 33.3 Å². The first-order valence-electron chi connectivity index (χ1n) is 10.9. The molecule has 0 radical (unpaired) electrons. The fourth-order valence-electron chi connectivity index (χ4n) is 3.83. The van der Waals surface area contributed by atoms with Crippen LogP contribution in [0, 0.1) is 0 Å². The van der Waals surface area contributed by atoms with E-state index in [0.29, 0.717) is 32.6 Å². The van der Waals surface area contributed by atoms with Gasteiger partial charge >= 0.3 is 0 Å². The molecule has 2 amide bonds. The maximum atomic E-state index is 12.9. The molecule has 1 saturated heterocycles. The summed E-state index contributed by atoms with van der Waals surface area (Å²) < 4.78 is 5.17. The van der Waals surface area contributed by atoms with Crippen LogP contribution < -0.4 is 4.74 Å². The highest BCUT2D eigenvalue weighted by Gasteiger charge is 2.26. The molecule has 0 N–H and O–H groups in total. The van der Waals surface area contributed by atoms with E-state index in [1.54, 1.807) is 18.4 Å². The highest BCUT2D eigenvalue weighted by molar-refractivity contribution is 7.14. The van der Waals surface area contributed by atoms with Crippen molar-refractivity contribution < 1.29 is 14.3 Å². The van der Waals surface area contributed by atoms with Crippen molar-refractivity contribution in [3.63, 3.8) is 0 Å². The Morgan fingerprint density at radius 3 is 2.27 bits per heavy atom. The van der Waals surface area contributed by atoms with Gasteiger partial charge in [0.2, 0.25) is 5.91 Å². The minimum absolute atomic E-state index is 0.113. The summed E-state index contributed by atoms with van der Waals surface area (Å²) in [6.07, 6.45) is 4.31. The van der Waals surface area contributed by atoms with E-state index < -0.39 is 0 Å². The fourth-order valence-corrected chi connectivity index (χ4v) is 5.15. The number of piperazine rings is 1. The number of nitrogens with zero attached hydrogens (tertiary/aromatic N) is 2. The molecule has 6 heteroatoms. The van der Waals surface area contributed by atoms with Crippen LogP contribution in [0.4, 0.5) is 0 Å². The van der Waals surface area contributed by atoms with Crippen molar-refractivity contribution in [1.82, 2.24) is 9.80 Å². The van der Waals surface area contributed by atoms with E-state index in [9.17, 15) is 9.59 Å². The van der Waals surface area contributed by atoms with Crippen molar-refractivity contribution in [3.05, 3.63) is 51.2 Å². The molecule has 1 aromatic carbocycles. The van der Waals surface area contributed by atoms with E-state index in [0.717, 1.165) is 41.9 Å². The number of methoxy groups -OCH3 is 1. The predicted molar refractivity (Wildman–Crippen MR) is 121 cm³/mol. The first kappa shape index (κ1) is 22.3. The van der Waals surface area contributed by atoms with Gasteiger partial charge in [0.15, 0.2) is 0 Å². The Bertz CT molecular complexity index is 852. The van der Waals surface area contributed by atoms with Crippen LogP contribution in [0.5, 0.6) is 5.75 Å². The maximum Gasteiger partial charge on any atom is 0.264 e. The lowest BCUT2D eigenvalue weighted by atomic mass is 10.1. The Morgan fingerprint density at radius 1 is 1.00 bits per heavy atom. The lowest BCUT2D eigenvalue weighted by Gasteiger charge is -2.34. The van der Waals surface area contributed by atoms with Gasteiger partial charge in [0.25, 0.3) is 5.91 Å². The highest BCUT2D eigenvalue weighted by atomic mass is 32.1. The van der Waals surface area contributed by atoms with Crippen LogP contribution in [0.2, 0.25) is 0 Å². The summed E-state index contributed by atoms with van der Waals surface area (Å²) in [7, 11) is 1.65. The van der Waals surface area contributed by atoms with Crippen LogP contribution in [0.25, 0.3) is 0 Å². The molecule has 1 aliphatic rings. The third kappa shape index (κ3) is 5.42. The van der Waals surface area contributed by atoms with Gasteiger partial charge in [-0.1, -0.05) is 32.4 Å². The Kier molecular flexibility index (Phi) is 7.91. The number of carbonyl (C=O) groups is 2. The summed E-state index contributed by atoms with van der Waals surface area (Å²) >= 11 is 1.65. The van der Waals surface area contributed by atoms with Crippen LogP contribution in [0.1, 0.15) is 52.4 Å². The first-order valence-corrected chi connectivity index (χ1v) is 11.7. The molecule has 30 heavy (non-hydrogen) atoms. The fraction of sp³-hybridized carbons (Fsp3) is 0.500. The number of hydrogen-bond acceptors (Lipinski definition) is 4. The average Bonchev–Trinajstić information content (AvgIpc) is 3.20. The van der Waals surface area contributed by atoms with Crippen LogP contribution in [-0.4, -0.2) is 54.9 Å². The smallest absolute Gasteiger partial charge is 0.264 e. The van der Waals surface area contributed by atoms with E-state index in [-0.39, 0.29) is 11.8 Å². The second-order valence-corrected chi connectivity index (χ2v) is 8.82. The Labute approximate surface area is 183 Å². The van der Waals surface area contributed by atoms with E-state index >= 15 is 0 Å². The zero-order valence-electron chi connectivity index (χ0n) is 18.3. The zero-order valence-corrected chi connectivity index (χ0v) is 19.1. The van der Waals surface area contributed by atoms with Gasteiger partial charge in [-0.25, -0.2) is 0 Å².